The average Bonchev–Trinajstić information content (AvgIpc) is 3.58. The molecule has 0 spiro atoms. The van der Waals surface area contributed by atoms with Gasteiger partial charge in [0.2, 0.25) is 5.91 Å². The van der Waals surface area contributed by atoms with Gasteiger partial charge in [-0.05, 0) is 12.8 Å². The first-order valence-electron chi connectivity index (χ1n) is 32.3. The highest BCUT2D eigenvalue weighted by atomic mass is 16.8. The molecular formula is C61H117NO18. The van der Waals surface area contributed by atoms with E-state index < -0.39 is 124 Å². The topological polar surface area (TPSA) is 307 Å². The van der Waals surface area contributed by atoms with Crippen molar-refractivity contribution in [1.29, 1.82) is 0 Å². The highest BCUT2D eigenvalue weighted by Crippen LogP contribution is 2.33. The van der Waals surface area contributed by atoms with Crippen molar-refractivity contribution in [2.24, 2.45) is 0 Å². The maximum Gasteiger partial charge on any atom is 0.220 e. The van der Waals surface area contributed by atoms with Crippen LogP contribution in [0.5, 0.6) is 0 Å². The quantitative estimate of drug-likeness (QED) is 0.0280. The van der Waals surface area contributed by atoms with Gasteiger partial charge in [0, 0.05) is 6.42 Å². The molecule has 3 heterocycles. The molecular weight excluding hydrogens is 1030 g/mol. The summed E-state index contributed by atoms with van der Waals surface area (Å²) in [6.07, 6.45) is 18.4. The lowest BCUT2D eigenvalue weighted by atomic mass is 9.96. The third-order valence-corrected chi connectivity index (χ3v) is 16.7. The number of aliphatic hydroxyl groups excluding tert-OH is 11. The molecule has 3 rings (SSSR count). The van der Waals surface area contributed by atoms with Gasteiger partial charge in [-0.3, -0.25) is 4.79 Å². The zero-order valence-electron chi connectivity index (χ0n) is 49.6. The standard InChI is InChI=1S/C61H117NO18/c1-3-5-7-9-11-12-13-14-15-16-17-18-19-20-21-22-23-24-25-26-27-28-29-30-31-32-33-34-36-38-45(66)44(62-49(67)39-37-35-10-8-6-4-2)43-75-59-55(73)52(70)57(47(41-64)77-59)80-61-56(74)53(71)58(48(42-65)78-61)79-60-54(72)51(69)50(68)46(40-63)76-60/h44-48,50-61,63-66,68-74H,3-43H2,1-2H3,(H,62,67). The second kappa shape index (κ2) is 45.2. The average molecular weight is 1150 g/mol. The van der Waals surface area contributed by atoms with Crippen LogP contribution in [0, 0.1) is 0 Å². The van der Waals surface area contributed by atoms with Crippen molar-refractivity contribution >= 4 is 5.91 Å². The molecule has 19 heteroatoms. The predicted octanol–water partition coefficient (Wildman–Crippen LogP) is 6.77. The fraction of sp³-hybridized carbons (Fsp3) is 0.984. The first kappa shape index (κ1) is 73.0. The Balaban J connectivity index is 1.34. The Morgan fingerprint density at radius 2 is 0.713 bits per heavy atom. The monoisotopic (exact) mass is 1150 g/mol. The number of unbranched alkanes of at least 4 members (excludes halogenated alkanes) is 33. The number of rotatable bonds is 49. The third-order valence-electron chi connectivity index (χ3n) is 16.7. The minimum Gasteiger partial charge on any atom is -0.394 e. The number of ether oxygens (including phenoxy) is 6. The molecule has 17 atom stereocenters. The van der Waals surface area contributed by atoms with Crippen LogP contribution in [-0.2, 0) is 33.2 Å². The molecule has 1 amide bonds. The molecule has 3 saturated heterocycles. The summed E-state index contributed by atoms with van der Waals surface area (Å²) < 4.78 is 34.2. The van der Waals surface area contributed by atoms with Crippen LogP contribution in [0.15, 0.2) is 0 Å². The maximum absolute atomic E-state index is 13.2. The van der Waals surface area contributed by atoms with Crippen molar-refractivity contribution in [1.82, 2.24) is 5.32 Å². The summed E-state index contributed by atoms with van der Waals surface area (Å²) in [5.74, 6) is -0.249. The number of nitrogens with one attached hydrogen (secondary N) is 1. The highest BCUT2D eigenvalue weighted by Gasteiger charge is 2.53. The Morgan fingerprint density at radius 3 is 1.09 bits per heavy atom. The number of aliphatic hydroxyl groups is 11. The van der Waals surface area contributed by atoms with E-state index in [0.717, 1.165) is 57.8 Å². The maximum atomic E-state index is 13.2. The van der Waals surface area contributed by atoms with Crippen LogP contribution < -0.4 is 5.32 Å². The van der Waals surface area contributed by atoms with Gasteiger partial charge in [0.15, 0.2) is 18.9 Å². The minimum atomic E-state index is -1.97. The van der Waals surface area contributed by atoms with Crippen LogP contribution in [0.2, 0.25) is 0 Å². The SMILES string of the molecule is CCCCCCCCCCCCCCCCCCCCCCCCCCCCCCCC(O)C(COC1OC(CO)C(OC2OC(CO)C(OC3OC(CO)C(O)C(O)C3O)C(O)C2O)C(O)C1O)NC(=O)CCCCCCCC. The Hall–Kier alpha value is -1.21. The number of carbonyl (C=O) groups is 1. The van der Waals surface area contributed by atoms with E-state index in [1.807, 2.05) is 0 Å². The van der Waals surface area contributed by atoms with E-state index in [9.17, 15) is 61.0 Å². The molecule has 0 saturated carbocycles. The van der Waals surface area contributed by atoms with Crippen molar-refractivity contribution in [2.75, 3.05) is 26.4 Å². The summed E-state index contributed by atoms with van der Waals surface area (Å²) in [5.41, 5.74) is 0. The van der Waals surface area contributed by atoms with Crippen molar-refractivity contribution in [2.45, 2.75) is 356 Å². The van der Waals surface area contributed by atoms with Crippen molar-refractivity contribution < 1.29 is 89.4 Å². The molecule has 12 N–H and O–H groups in total. The van der Waals surface area contributed by atoms with E-state index in [1.54, 1.807) is 0 Å². The Labute approximate surface area is 481 Å². The fourth-order valence-corrected chi connectivity index (χ4v) is 11.4. The van der Waals surface area contributed by atoms with E-state index in [2.05, 4.69) is 19.2 Å². The highest BCUT2D eigenvalue weighted by molar-refractivity contribution is 5.76. The summed E-state index contributed by atoms with van der Waals surface area (Å²) in [6.45, 7) is 1.73. The number of carbonyl (C=O) groups excluding carboxylic acids is 1. The van der Waals surface area contributed by atoms with Crippen LogP contribution >= 0.6 is 0 Å². The van der Waals surface area contributed by atoms with E-state index >= 15 is 0 Å². The van der Waals surface area contributed by atoms with E-state index in [-0.39, 0.29) is 18.9 Å². The van der Waals surface area contributed by atoms with Gasteiger partial charge in [-0.2, -0.15) is 0 Å². The first-order chi connectivity index (χ1) is 38.8. The third kappa shape index (κ3) is 28.3. The lowest BCUT2D eigenvalue weighted by Gasteiger charge is -2.48. The summed E-state index contributed by atoms with van der Waals surface area (Å²) >= 11 is 0. The second-order valence-electron chi connectivity index (χ2n) is 23.6. The normalized spacial score (nSPS) is 29.9. The van der Waals surface area contributed by atoms with Gasteiger partial charge in [0.1, 0.15) is 73.2 Å². The first-order valence-corrected chi connectivity index (χ1v) is 32.3. The Bertz CT molecular complexity index is 1470. The van der Waals surface area contributed by atoms with E-state index in [4.69, 9.17) is 28.4 Å². The van der Waals surface area contributed by atoms with Gasteiger partial charge in [-0.25, -0.2) is 0 Å². The molecule has 0 bridgehead atoms. The molecule has 474 valence electrons. The van der Waals surface area contributed by atoms with Crippen LogP contribution in [0.3, 0.4) is 0 Å². The number of amides is 1. The van der Waals surface area contributed by atoms with Gasteiger partial charge in [-0.15, -0.1) is 0 Å². The molecule has 0 radical (unpaired) electrons. The van der Waals surface area contributed by atoms with Crippen LogP contribution in [0.4, 0.5) is 0 Å². The minimum absolute atomic E-state index is 0.249. The van der Waals surface area contributed by atoms with Crippen LogP contribution in [0.1, 0.15) is 251 Å². The van der Waals surface area contributed by atoms with Crippen molar-refractivity contribution in [3.8, 4) is 0 Å². The van der Waals surface area contributed by atoms with Gasteiger partial charge < -0.3 is 89.9 Å². The van der Waals surface area contributed by atoms with Crippen LogP contribution in [-0.4, -0.2) is 193 Å². The van der Waals surface area contributed by atoms with Crippen LogP contribution in [0.25, 0.3) is 0 Å². The largest absolute Gasteiger partial charge is 0.394 e. The number of hydrogen-bond acceptors (Lipinski definition) is 18. The molecule has 3 aliphatic heterocycles. The lowest BCUT2D eigenvalue weighted by Crippen LogP contribution is -2.66. The molecule has 0 aromatic carbocycles. The van der Waals surface area contributed by atoms with E-state index in [1.165, 1.54) is 161 Å². The second-order valence-corrected chi connectivity index (χ2v) is 23.6. The van der Waals surface area contributed by atoms with Gasteiger partial charge in [0.05, 0.1) is 38.6 Å². The zero-order valence-corrected chi connectivity index (χ0v) is 49.6. The molecule has 3 aliphatic rings. The molecule has 0 aromatic rings. The summed E-state index contributed by atoms with van der Waals surface area (Å²) in [6, 6.07) is -0.878. The molecule has 19 nitrogen and oxygen atoms in total. The molecule has 80 heavy (non-hydrogen) atoms. The molecule has 3 fully saturated rings. The fourth-order valence-electron chi connectivity index (χ4n) is 11.4. The van der Waals surface area contributed by atoms with Gasteiger partial charge in [0.25, 0.3) is 0 Å². The Kier molecular flexibility index (Phi) is 41.2. The van der Waals surface area contributed by atoms with Crippen molar-refractivity contribution in [3.05, 3.63) is 0 Å². The summed E-state index contributed by atoms with van der Waals surface area (Å²) in [4.78, 5) is 13.2. The summed E-state index contributed by atoms with van der Waals surface area (Å²) in [7, 11) is 0. The predicted molar refractivity (Wildman–Crippen MR) is 305 cm³/mol. The lowest BCUT2D eigenvalue weighted by molar-refractivity contribution is -0.379. The number of hydrogen-bond donors (Lipinski definition) is 12. The van der Waals surface area contributed by atoms with E-state index in [0.29, 0.717) is 12.8 Å². The van der Waals surface area contributed by atoms with Gasteiger partial charge in [-0.1, -0.05) is 232 Å². The Morgan fingerprint density at radius 1 is 0.400 bits per heavy atom. The molecule has 0 aromatic heterocycles. The molecule has 17 unspecified atom stereocenters. The van der Waals surface area contributed by atoms with Crippen molar-refractivity contribution in [3.63, 3.8) is 0 Å². The zero-order chi connectivity index (χ0) is 58.3. The summed E-state index contributed by atoms with van der Waals surface area (Å²) in [5, 5.41) is 120. The molecule has 0 aliphatic carbocycles. The smallest absolute Gasteiger partial charge is 0.220 e. The van der Waals surface area contributed by atoms with Gasteiger partial charge >= 0.3 is 0 Å².